The first kappa shape index (κ1) is 14.1. The zero-order valence-corrected chi connectivity index (χ0v) is 12.2. The molecule has 0 saturated carbocycles. The van der Waals surface area contributed by atoms with Crippen molar-refractivity contribution in [2.45, 2.75) is 25.4 Å². The van der Waals surface area contributed by atoms with Gasteiger partial charge in [0.25, 0.3) is 0 Å². The van der Waals surface area contributed by atoms with E-state index in [1.54, 1.807) is 6.20 Å². The molecule has 0 unspecified atom stereocenters. The Morgan fingerprint density at radius 2 is 1.95 bits per heavy atom. The lowest BCUT2D eigenvalue weighted by atomic mass is 10.0. The van der Waals surface area contributed by atoms with Gasteiger partial charge >= 0.3 is 0 Å². The molecule has 0 atom stereocenters. The van der Waals surface area contributed by atoms with Crippen molar-refractivity contribution < 1.29 is 8.91 Å². The molecule has 5 heteroatoms. The van der Waals surface area contributed by atoms with Crippen LogP contribution in [-0.4, -0.2) is 36.2 Å². The van der Waals surface area contributed by atoms with Crippen LogP contribution in [0.2, 0.25) is 0 Å². The average molecular weight is 289 g/mol. The first-order chi connectivity index (χ1) is 10.2. The molecule has 1 aromatic heterocycles. The van der Waals surface area contributed by atoms with Gasteiger partial charge in [0.2, 0.25) is 0 Å². The first-order valence-corrected chi connectivity index (χ1v) is 7.33. The second kappa shape index (κ2) is 6.26. The summed E-state index contributed by atoms with van der Waals surface area (Å²) in [5, 5.41) is 3.74. The molecule has 3 rings (SSSR count). The maximum Gasteiger partial charge on any atom is 0.150 e. The molecule has 1 aliphatic rings. The van der Waals surface area contributed by atoms with Gasteiger partial charge in [-0.05, 0) is 44.2 Å². The number of hydrogen-bond donors (Lipinski definition) is 0. The Kier molecular flexibility index (Phi) is 4.20. The molecule has 0 aliphatic carbocycles. The molecule has 4 nitrogen and oxygen atoms in total. The van der Waals surface area contributed by atoms with E-state index in [1.165, 1.54) is 12.1 Å². The maximum atomic E-state index is 13.0. The van der Waals surface area contributed by atoms with Gasteiger partial charge in [0, 0.05) is 30.9 Å². The highest BCUT2D eigenvalue weighted by molar-refractivity contribution is 5.46. The van der Waals surface area contributed by atoms with Crippen LogP contribution in [0, 0.1) is 5.82 Å². The van der Waals surface area contributed by atoms with Crippen molar-refractivity contribution in [3.05, 3.63) is 48.1 Å². The van der Waals surface area contributed by atoms with E-state index in [0.29, 0.717) is 6.04 Å². The quantitative estimate of drug-likeness (QED) is 0.866. The van der Waals surface area contributed by atoms with Gasteiger partial charge in [-0.15, -0.1) is 0 Å². The molecule has 1 aromatic carbocycles. The smallest absolute Gasteiger partial charge is 0.150 e. The SMILES string of the molecule is CN(Cc1ccno1)C1CCN(c2ccc(F)cc2)CC1. The molecule has 0 N–H and O–H groups in total. The zero-order valence-electron chi connectivity index (χ0n) is 12.2. The highest BCUT2D eigenvalue weighted by atomic mass is 19.1. The maximum absolute atomic E-state index is 13.0. The molecule has 0 amide bonds. The summed E-state index contributed by atoms with van der Waals surface area (Å²) in [6.07, 6.45) is 3.88. The molecule has 1 fully saturated rings. The molecule has 2 heterocycles. The summed E-state index contributed by atoms with van der Waals surface area (Å²) < 4.78 is 18.1. The van der Waals surface area contributed by atoms with E-state index < -0.39 is 0 Å². The molecule has 112 valence electrons. The van der Waals surface area contributed by atoms with E-state index in [9.17, 15) is 4.39 Å². The Hall–Kier alpha value is -1.88. The van der Waals surface area contributed by atoms with E-state index in [4.69, 9.17) is 4.52 Å². The summed E-state index contributed by atoms with van der Waals surface area (Å²) in [6.45, 7) is 2.79. The summed E-state index contributed by atoms with van der Waals surface area (Å²) >= 11 is 0. The summed E-state index contributed by atoms with van der Waals surface area (Å²) in [5.74, 6) is 0.721. The Morgan fingerprint density at radius 3 is 2.57 bits per heavy atom. The van der Waals surface area contributed by atoms with Crippen LogP contribution in [-0.2, 0) is 6.54 Å². The van der Waals surface area contributed by atoms with Crippen LogP contribution in [0.4, 0.5) is 10.1 Å². The zero-order chi connectivity index (χ0) is 14.7. The van der Waals surface area contributed by atoms with Crippen LogP contribution in [0.25, 0.3) is 0 Å². The van der Waals surface area contributed by atoms with E-state index in [2.05, 4.69) is 22.0 Å². The largest absolute Gasteiger partial charge is 0.371 e. The van der Waals surface area contributed by atoms with Crippen molar-refractivity contribution in [3.63, 3.8) is 0 Å². The summed E-state index contributed by atoms with van der Waals surface area (Å²) in [6, 6.07) is 9.22. The van der Waals surface area contributed by atoms with Gasteiger partial charge in [0.1, 0.15) is 5.82 Å². The number of anilines is 1. The molecule has 1 aliphatic heterocycles. The Bertz CT molecular complexity index is 547. The molecule has 0 radical (unpaired) electrons. The van der Waals surface area contributed by atoms with Crippen LogP contribution in [0.1, 0.15) is 18.6 Å². The Morgan fingerprint density at radius 1 is 1.24 bits per heavy atom. The molecule has 1 saturated heterocycles. The predicted octanol–water partition coefficient (Wildman–Crippen LogP) is 2.91. The fourth-order valence-electron chi connectivity index (χ4n) is 2.92. The van der Waals surface area contributed by atoms with Crippen LogP contribution >= 0.6 is 0 Å². The van der Waals surface area contributed by atoms with E-state index in [0.717, 1.165) is 43.9 Å². The molecule has 0 bridgehead atoms. The number of halogens is 1. The van der Waals surface area contributed by atoms with Gasteiger partial charge in [-0.25, -0.2) is 4.39 Å². The van der Waals surface area contributed by atoms with E-state index in [1.807, 2.05) is 18.2 Å². The topological polar surface area (TPSA) is 32.5 Å². The third-order valence-electron chi connectivity index (χ3n) is 4.18. The van der Waals surface area contributed by atoms with E-state index in [-0.39, 0.29) is 5.82 Å². The third kappa shape index (κ3) is 3.42. The molecule has 0 spiro atoms. The van der Waals surface area contributed by atoms with Crippen molar-refractivity contribution in [2.24, 2.45) is 0 Å². The highest BCUT2D eigenvalue weighted by Crippen LogP contribution is 2.23. The monoisotopic (exact) mass is 289 g/mol. The van der Waals surface area contributed by atoms with Crippen molar-refractivity contribution in [1.82, 2.24) is 10.1 Å². The second-order valence-corrected chi connectivity index (χ2v) is 5.59. The lowest BCUT2D eigenvalue weighted by molar-refractivity contribution is 0.180. The lowest BCUT2D eigenvalue weighted by Crippen LogP contribution is -2.43. The van der Waals surface area contributed by atoms with Crippen molar-refractivity contribution >= 4 is 5.69 Å². The summed E-state index contributed by atoms with van der Waals surface area (Å²) in [4.78, 5) is 4.64. The second-order valence-electron chi connectivity index (χ2n) is 5.59. The standard InChI is InChI=1S/C16H20FN3O/c1-19(12-16-6-9-18-21-16)14-7-10-20(11-8-14)15-4-2-13(17)3-5-15/h2-6,9,14H,7-8,10-12H2,1H3. The fraction of sp³-hybridized carbons (Fsp3) is 0.438. The number of aromatic nitrogens is 1. The van der Waals surface area contributed by atoms with Gasteiger partial charge in [0.15, 0.2) is 5.76 Å². The number of piperidine rings is 1. The van der Waals surface area contributed by atoms with Gasteiger partial charge < -0.3 is 9.42 Å². The minimum atomic E-state index is -0.180. The summed E-state index contributed by atoms with van der Waals surface area (Å²) in [7, 11) is 2.13. The minimum Gasteiger partial charge on any atom is -0.371 e. The molecule has 21 heavy (non-hydrogen) atoms. The first-order valence-electron chi connectivity index (χ1n) is 7.33. The van der Waals surface area contributed by atoms with Crippen LogP contribution < -0.4 is 4.90 Å². The highest BCUT2D eigenvalue weighted by Gasteiger charge is 2.23. The summed E-state index contributed by atoms with van der Waals surface area (Å²) in [5.41, 5.74) is 1.10. The van der Waals surface area contributed by atoms with Crippen LogP contribution in [0.3, 0.4) is 0 Å². The van der Waals surface area contributed by atoms with Gasteiger partial charge in [-0.3, -0.25) is 4.90 Å². The van der Waals surface area contributed by atoms with Crippen LogP contribution in [0.15, 0.2) is 41.1 Å². The lowest BCUT2D eigenvalue weighted by Gasteiger charge is -2.37. The van der Waals surface area contributed by atoms with Gasteiger partial charge in [-0.2, -0.15) is 0 Å². The van der Waals surface area contributed by atoms with Crippen molar-refractivity contribution in [1.29, 1.82) is 0 Å². The number of hydrogen-bond acceptors (Lipinski definition) is 4. The molecular weight excluding hydrogens is 269 g/mol. The van der Waals surface area contributed by atoms with Crippen LogP contribution in [0.5, 0.6) is 0 Å². The van der Waals surface area contributed by atoms with E-state index >= 15 is 0 Å². The minimum absolute atomic E-state index is 0.180. The van der Waals surface area contributed by atoms with Crippen molar-refractivity contribution in [3.8, 4) is 0 Å². The van der Waals surface area contributed by atoms with Gasteiger partial charge in [-0.1, -0.05) is 5.16 Å². The number of rotatable bonds is 4. The predicted molar refractivity (Wildman–Crippen MR) is 79.6 cm³/mol. The third-order valence-corrected chi connectivity index (χ3v) is 4.18. The Labute approximate surface area is 124 Å². The average Bonchev–Trinajstić information content (AvgIpc) is 3.01. The van der Waals surface area contributed by atoms with Gasteiger partial charge in [0.05, 0.1) is 12.7 Å². The Balaban J connectivity index is 1.53. The number of benzene rings is 1. The molecule has 2 aromatic rings. The fourth-order valence-corrected chi connectivity index (χ4v) is 2.92. The normalized spacial score (nSPS) is 16.6. The van der Waals surface area contributed by atoms with Crippen molar-refractivity contribution in [2.75, 3.05) is 25.0 Å². The molecular formula is C16H20FN3O. The number of nitrogens with zero attached hydrogens (tertiary/aromatic N) is 3.